The Bertz CT molecular complexity index is 1210. The van der Waals surface area contributed by atoms with Crippen molar-refractivity contribution in [2.24, 2.45) is 0 Å². The molecule has 2 aliphatic rings. The number of carbonyl (C=O) groups excluding carboxylic acids is 2. The van der Waals surface area contributed by atoms with Gasteiger partial charge in [0.05, 0.1) is 13.2 Å². The third kappa shape index (κ3) is 4.23. The van der Waals surface area contributed by atoms with Gasteiger partial charge in [0, 0.05) is 58.1 Å². The van der Waals surface area contributed by atoms with Gasteiger partial charge in [-0.25, -0.2) is 8.78 Å². The number of hydrogen-bond acceptors (Lipinski definition) is 7. The SMILES string of the molecule is COCCCN1n2cc(C(=O)NCc3ccc(F)cc3F)c(=O)c(O)c2C(=O)N(C)C12CCOC2. The Morgan fingerprint density at radius 3 is 2.74 bits per heavy atom. The molecule has 1 aromatic heterocycles. The average Bonchev–Trinajstić information content (AvgIpc) is 3.32. The largest absolute Gasteiger partial charge is 0.502 e. The summed E-state index contributed by atoms with van der Waals surface area (Å²) in [5, 5.41) is 14.9. The van der Waals surface area contributed by atoms with Gasteiger partial charge in [0.1, 0.15) is 17.2 Å². The van der Waals surface area contributed by atoms with Crippen molar-refractivity contribution in [2.45, 2.75) is 25.0 Å². The van der Waals surface area contributed by atoms with Crippen molar-refractivity contribution < 1.29 is 33.0 Å². The number of aromatic nitrogens is 1. The molecule has 1 spiro atoms. The highest BCUT2D eigenvalue weighted by atomic mass is 19.1. The van der Waals surface area contributed by atoms with E-state index in [1.165, 1.54) is 21.8 Å². The first-order chi connectivity index (χ1) is 16.7. The van der Waals surface area contributed by atoms with Crippen LogP contribution < -0.4 is 15.8 Å². The molecule has 1 aromatic carbocycles. The van der Waals surface area contributed by atoms with Crippen LogP contribution in [0.1, 0.15) is 39.3 Å². The summed E-state index contributed by atoms with van der Waals surface area (Å²) in [7, 11) is 3.13. The lowest BCUT2D eigenvalue weighted by Crippen LogP contribution is -2.70. The normalized spacial score (nSPS) is 19.4. The van der Waals surface area contributed by atoms with Crippen LogP contribution in [0.3, 0.4) is 0 Å². The number of nitrogens with zero attached hydrogens (tertiary/aromatic N) is 3. The molecule has 0 aliphatic carbocycles. The Balaban J connectivity index is 1.73. The number of fused-ring (bicyclic) bond motifs is 1. The zero-order chi connectivity index (χ0) is 25.3. The van der Waals surface area contributed by atoms with E-state index in [-0.39, 0.29) is 24.4 Å². The van der Waals surface area contributed by atoms with Gasteiger partial charge in [0.15, 0.2) is 17.1 Å². The molecule has 2 aromatic rings. The highest BCUT2D eigenvalue weighted by Gasteiger charge is 2.52. The van der Waals surface area contributed by atoms with Crippen molar-refractivity contribution in [3.63, 3.8) is 0 Å². The van der Waals surface area contributed by atoms with Crippen LogP contribution in [0.5, 0.6) is 5.75 Å². The minimum absolute atomic E-state index is 0.0158. The third-order valence-corrected chi connectivity index (χ3v) is 6.43. The fourth-order valence-electron chi connectivity index (χ4n) is 4.48. The van der Waals surface area contributed by atoms with Crippen LogP contribution >= 0.6 is 0 Å². The van der Waals surface area contributed by atoms with E-state index in [9.17, 15) is 28.3 Å². The molecule has 12 heteroatoms. The van der Waals surface area contributed by atoms with Gasteiger partial charge in [-0.3, -0.25) is 24.1 Å². The van der Waals surface area contributed by atoms with Crippen LogP contribution in [0.25, 0.3) is 0 Å². The van der Waals surface area contributed by atoms with E-state index < -0.39 is 45.9 Å². The molecule has 0 saturated carbocycles. The molecule has 35 heavy (non-hydrogen) atoms. The zero-order valence-electron chi connectivity index (χ0n) is 19.3. The number of aromatic hydroxyl groups is 1. The minimum atomic E-state index is -1.04. The first kappa shape index (κ1) is 24.6. The molecule has 0 bridgehead atoms. The first-order valence-corrected chi connectivity index (χ1v) is 11.0. The molecule has 4 rings (SSSR count). The Kier molecular flexibility index (Phi) is 6.77. The van der Waals surface area contributed by atoms with E-state index in [2.05, 4.69) is 5.32 Å². The van der Waals surface area contributed by atoms with Gasteiger partial charge in [-0.1, -0.05) is 6.07 Å². The maximum atomic E-state index is 14.0. The van der Waals surface area contributed by atoms with E-state index >= 15 is 0 Å². The fraction of sp³-hybridized carbons (Fsp3) is 0.435. The highest BCUT2D eigenvalue weighted by molar-refractivity contribution is 5.99. The number of pyridine rings is 1. The van der Waals surface area contributed by atoms with Crippen LogP contribution in [0, 0.1) is 11.6 Å². The maximum absolute atomic E-state index is 14.0. The summed E-state index contributed by atoms with van der Waals surface area (Å²) >= 11 is 0. The van der Waals surface area contributed by atoms with Gasteiger partial charge in [-0.2, -0.15) is 0 Å². The van der Waals surface area contributed by atoms with Gasteiger partial charge >= 0.3 is 0 Å². The summed E-state index contributed by atoms with van der Waals surface area (Å²) in [6.07, 6.45) is 2.23. The number of carbonyl (C=O) groups is 2. The molecule has 3 heterocycles. The Labute approximate surface area is 199 Å². The molecule has 1 unspecified atom stereocenters. The number of nitrogens with one attached hydrogen (secondary N) is 1. The van der Waals surface area contributed by atoms with Crippen molar-refractivity contribution in [2.75, 3.05) is 45.5 Å². The van der Waals surface area contributed by atoms with Gasteiger partial charge in [-0.05, 0) is 12.5 Å². The van der Waals surface area contributed by atoms with Crippen molar-refractivity contribution in [3.8, 4) is 5.75 Å². The molecule has 0 radical (unpaired) electrons. The van der Waals surface area contributed by atoms with Crippen LogP contribution in [-0.4, -0.2) is 72.7 Å². The molecule has 1 atom stereocenters. The number of methoxy groups -OCH3 is 1. The number of amides is 2. The molecular formula is C23H26F2N4O6. The molecular weight excluding hydrogens is 466 g/mol. The highest BCUT2D eigenvalue weighted by Crippen LogP contribution is 2.35. The summed E-state index contributed by atoms with van der Waals surface area (Å²) in [6, 6.07) is 2.91. The lowest BCUT2D eigenvalue weighted by atomic mass is 10.0. The van der Waals surface area contributed by atoms with E-state index in [4.69, 9.17) is 9.47 Å². The van der Waals surface area contributed by atoms with Crippen molar-refractivity contribution >= 4 is 11.8 Å². The van der Waals surface area contributed by atoms with Crippen molar-refractivity contribution in [3.05, 3.63) is 63.1 Å². The standard InChI is InChI=1S/C23H26F2N4O6/c1-27-22(33)18-20(31)19(30)16(21(32)26-11-14-4-5-15(24)10-17(14)25)12-28(18)29(7-3-8-34-2)23(27)6-9-35-13-23/h4-5,10,12,31H,3,6-9,11,13H2,1-2H3,(H,26,32). The number of ether oxygens (including phenoxy) is 2. The molecule has 1 saturated heterocycles. The van der Waals surface area contributed by atoms with Gasteiger partial charge in [0.2, 0.25) is 5.43 Å². The van der Waals surface area contributed by atoms with Crippen molar-refractivity contribution in [1.82, 2.24) is 14.9 Å². The number of likely N-dealkylation sites (N-methyl/N-ethyl adjacent to an activating group) is 1. The summed E-state index contributed by atoms with van der Waals surface area (Å²) in [5.41, 5.74) is -2.61. The van der Waals surface area contributed by atoms with E-state index in [1.807, 2.05) is 0 Å². The van der Waals surface area contributed by atoms with Crippen LogP contribution in [0.4, 0.5) is 8.78 Å². The topological polar surface area (TPSA) is 113 Å². The van der Waals surface area contributed by atoms with Crippen LogP contribution in [-0.2, 0) is 16.0 Å². The predicted molar refractivity (Wildman–Crippen MR) is 120 cm³/mol. The lowest BCUT2D eigenvalue weighted by Gasteiger charge is -2.52. The predicted octanol–water partition coefficient (Wildman–Crippen LogP) is 0.939. The Morgan fingerprint density at radius 2 is 2.09 bits per heavy atom. The second-order valence-electron chi connectivity index (χ2n) is 8.45. The van der Waals surface area contributed by atoms with E-state index in [0.717, 1.165) is 6.07 Å². The van der Waals surface area contributed by atoms with Gasteiger partial charge < -0.3 is 24.8 Å². The second-order valence-corrected chi connectivity index (χ2v) is 8.45. The number of halogens is 2. The van der Waals surface area contributed by atoms with Crippen LogP contribution in [0.15, 0.2) is 29.2 Å². The smallest absolute Gasteiger partial charge is 0.278 e. The summed E-state index contributed by atoms with van der Waals surface area (Å²) < 4.78 is 39.2. The lowest BCUT2D eigenvalue weighted by molar-refractivity contribution is 0.0292. The van der Waals surface area contributed by atoms with E-state index in [0.29, 0.717) is 38.7 Å². The third-order valence-electron chi connectivity index (χ3n) is 6.43. The Morgan fingerprint density at radius 1 is 1.31 bits per heavy atom. The second kappa shape index (κ2) is 9.62. The molecule has 2 amide bonds. The fourth-order valence-corrected chi connectivity index (χ4v) is 4.48. The van der Waals surface area contributed by atoms with E-state index in [1.54, 1.807) is 19.2 Å². The zero-order valence-corrected chi connectivity index (χ0v) is 19.3. The monoisotopic (exact) mass is 492 g/mol. The Hall–Kier alpha value is -3.51. The summed E-state index contributed by atoms with van der Waals surface area (Å²) in [5.74, 6) is -3.95. The quantitative estimate of drug-likeness (QED) is 0.553. The molecule has 2 aliphatic heterocycles. The van der Waals surface area contributed by atoms with Gasteiger partial charge in [-0.15, -0.1) is 0 Å². The first-order valence-electron chi connectivity index (χ1n) is 11.0. The average molecular weight is 492 g/mol. The molecule has 1 fully saturated rings. The summed E-state index contributed by atoms with van der Waals surface area (Å²) in [6.45, 7) is 1.06. The minimum Gasteiger partial charge on any atom is -0.502 e. The maximum Gasteiger partial charge on any atom is 0.278 e. The summed E-state index contributed by atoms with van der Waals surface area (Å²) in [4.78, 5) is 40.4. The van der Waals surface area contributed by atoms with Crippen LogP contribution in [0.2, 0.25) is 0 Å². The molecule has 10 nitrogen and oxygen atoms in total. The molecule has 188 valence electrons. The van der Waals surface area contributed by atoms with Gasteiger partial charge in [0.25, 0.3) is 11.8 Å². The molecule has 2 N–H and O–H groups in total. The number of benzene rings is 1. The number of hydrogen-bond donors (Lipinski definition) is 2. The number of rotatable bonds is 7. The van der Waals surface area contributed by atoms with Crippen molar-refractivity contribution in [1.29, 1.82) is 0 Å².